The van der Waals surface area contributed by atoms with Crippen LogP contribution >= 0.6 is 0 Å². The summed E-state index contributed by atoms with van der Waals surface area (Å²) in [6.07, 6.45) is -7.92. The standard InChI is InChI=1S/C20H22O12/c1-9(21)28-14-15(29-10(2)22)17(30-11(3)23)20(32-16(14)19(26)27-4)31-13-8-6-5-7-12(13)18(24)25/h5-8,14-17,20H,1-4H3,(H,24,25). The van der Waals surface area contributed by atoms with E-state index in [0.717, 1.165) is 27.9 Å². The van der Waals surface area contributed by atoms with Crippen LogP contribution in [0.5, 0.6) is 5.75 Å². The number of ether oxygens (including phenoxy) is 6. The number of para-hydroxylation sites is 1. The Morgan fingerprint density at radius 1 is 0.844 bits per heavy atom. The summed E-state index contributed by atoms with van der Waals surface area (Å²) < 4.78 is 31.4. The number of carbonyl (C=O) groups is 5. The van der Waals surface area contributed by atoms with Crippen LogP contribution in [0.15, 0.2) is 24.3 Å². The number of carboxylic acid groups (broad SMARTS) is 1. The lowest BCUT2D eigenvalue weighted by Gasteiger charge is -2.43. The summed E-state index contributed by atoms with van der Waals surface area (Å²) >= 11 is 0. The first-order chi connectivity index (χ1) is 15.0. The molecule has 1 aromatic carbocycles. The van der Waals surface area contributed by atoms with Gasteiger partial charge >= 0.3 is 29.8 Å². The number of esters is 4. The molecule has 32 heavy (non-hydrogen) atoms. The first-order valence-corrected chi connectivity index (χ1v) is 9.29. The molecule has 0 radical (unpaired) electrons. The number of benzene rings is 1. The Morgan fingerprint density at radius 3 is 1.91 bits per heavy atom. The largest absolute Gasteiger partial charge is 0.478 e. The minimum absolute atomic E-state index is 0.182. The summed E-state index contributed by atoms with van der Waals surface area (Å²) in [7, 11) is 1.05. The van der Waals surface area contributed by atoms with Crippen molar-refractivity contribution >= 4 is 29.8 Å². The van der Waals surface area contributed by atoms with E-state index in [1.165, 1.54) is 24.3 Å². The number of hydrogen-bond donors (Lipinski definition) is 1. The number of carbonyl (C=O) groups excluding carboxylic acids is 4. The van der Waals surface area contributed by atoms with Crippen LogP contribution in [0.1, 0.15) is 31.1 Å². The molecule has 1 N–H and O–H groups in total. The van der Waals surface area contributed by atoms with Crippen LogP contribution in [0.3, 0.4) is 0 Å². The second-order valence-corrected chi connectivity index (χ2v) is 6.59. The van der Waals surface area contributed by atoms with Gasteiger partial charge in [-0.1, -0.05) is 12.1 Å². The second-order valence-electron chi connectivity index (χ2n) is 6.59. The highest BCUT2D eigenvalue weighted by Gasteiger charge is 2.56. The lowest BCUT2D eigenvalue weighted by Crippen LogP contribution is -2.64. The average Bonchev–Trinajstić information content (AvgIpc) is 2.70. The molecule has 1 saturated heterocycles. The maximum absolute atomic E-state index is 12.4. The molecule has 12 heteroatoms. The molecule has 0 amide bonds. The van der Waals surface area contributed by atoms with E-state index in [9.17, 15) is 29.1 Å². The van der Waals surface area contributed by atoms with Gasteiger partial charge in [0.25, 0.3) is 0 Å². The fourth-order valence-corrected chi connectivity index (χ4v) is 3.05. The highest BCUT2D eigenvalue weighted by molar-refractivity contribution is 5.90. The van der Waals surface area contributed by atoms with Crippen molar-refractivity contribution in [3.8, 4) is 5.75 Å². The number of carboxylic acids is 1. The van der Waals surface area contributed by atoms with Crippen LogP contribution in [0.4, 0.5) is 0 Å². The monoisotopic (exact) mass is 454 g/mol. The van der Waals surface area contributed by atoms with E-state index in [1.54, 1.807) is 0 Å². The van der Waals surface area contributed by atoms with Crippen LogP contribution in [-0.4, -0.2) is 72.8 Å². The Morgan fingerprint density at radius 2 is 1.38 bits per heavy atom. The minimum Gasteiger partial charge on any atom is -0.478 e. The molecule has 174 valence electrons. The third kappa shape index (κ3) is 5.94. The molecule has 12 nitrogen and oxygen atoms in total. The molecule has 0 bridgehead atoms. The van der Waals surface area contributed by atoms with Crippen LogP contribution in [0.25, 0.3) is 0 Å². The third-order valence-corrected chi connectivity index (χ3v) is 4.20. The van der Waals surface area contributed by atoms with E-state index in [2.05, 4.69) is 4.74 Å². The summed E-state index contributed by atoms with van der Waals surface area (Å²) in [5.41, 5.74) is -0.251. The van der Waals surface area contributed by atoms with Gasteiger partial charge < -0.3 is 33.5 Å². The number of methoxy groups -OCH3 is 1. The lowest BCUT2D eigenvalue weighted by molar-refractivity contribution is -0.282. The Labute approximate surface area is 182 Å². The molecule has 1 aliphatic heterocycles. The molecular formula is C20H22O12. The Balaban J connectivity index is 2.56. The lowest BCUT2D eigenvalue weighted by atomic mass is 9.97. The van der Waals surface area contributed by atoms with Crippen LogP contribution in [0.2, 0.25) is 0 Å². The quantitative estimate of drug-likeness (QED) is 0.448. The maximum Gasteiger partial charge on any atom is 0.339 e. The Kier molecular flexibility index (Phi) is 8.13. The first kappa shape index (κ1) is 24.6. The van der Waals surface area contributed by atoms with Gasteiger partial charge in [0.15, 0.2) is 18.3 Å². The Bertz CT molecular complexity index is 894. The van der Waals surface area contributed by atoms with Crippen LogP contribution in [0, 0.1) is 0 Å². The zero-order chi connectivity index (χ0) is 24.0. The molecular weight excluding hydrogens is 432 g/mol. The Hall–Kier alpha value is -3.67. The van der Waals surface area contributed by atoms with Crippen LogP contribution in [-0.2, 0) is 42.9 Å². The first-order valence-electron chi connectivity index (χ1n) is 9.29. The van der Waals surface area contributed by atoms with Crippen molar-refractivity contribution in [2.24, 2.45) is 0 Å². The zero-order valence-corrected chi connectivity index (χ0v) is 17.6. The van der Waals surface area contributed by atoms with Crippen molar-refractivity contribution < 1.29 is 57.5 Å². The predicted octanol–water partition coefficient (Wildman–Crippen LogP) is 0.457. The summed E-state index contributed by atoms with van der Waals surface area (Å²) in [5.74, 6) is -5.04. The van der Waals surface area contributed by atoms with Gasteiger partial charge in [0, 0.05) is 20.8 Å². The number of aromatic carboxylic acids is 1. The molecule has 2 rings (SSSR count). The van der Waals surface area contributed by atoms with E-state index in [-0.39, 0.29) is 11.3 Å². The van der Waals surface area contributed by atoms with Crippen LogP contribution < -0.4 is 4.74 Å². The molecule has 5 atom stereocenters. The van der Waals surface area contributed by atoms with Gasteiger partial charge in [0.2, 0.25) is 12.4 Å². The fraction of sp³-hybridized carbons (Fsp3) is 0.450. The summed E-state index contributed by atoms with van der Waals surface area (Å²) in [4.78, 5) is 59.0. The van der Waals surface area contributed by atoms with Gasteiger partial charge in [0.1, 0.15) is 11.3 Å². The fourth-order valence-electron chi connectivity index (χ4n) is 3.05. The average molecular weight is 454 g/mol. The molecule has 1 aliphatic rings. The molecule has 0 aliphatic carbocycles. The second kappa shape index (κ2) is 10.6. The SMILES string of the molecule is COC(=O)C1OC(Oc2ccccc2C(=O)O)C(OC(C)=O)C(OC(C)=O)C1OC(C)=O. The molecule has 0 saturated carbocycles. The van der Waals surface area contributed by atoms with Gasteiger partial charge in [0.05, 0.1) is 7.11 Å². The number of rotatable bonds is 7. The zero-order valence-electron chi connectivity index (χ0n) is 17.6. The molecule has 1 fully saturated rings. The van der Waals surface area contributed by atoms with Gasteiger partial charge in [-0.3, -0.25) is 14.4 Å². The normalized spacial score (nSPS) is 24.6. The van der Waals surface area contributed by atoms with E-state index in [0.29, 0.717) is 0 Å². The smallest absolute Gasteiger partial charge is 0.339 e. The molecule has 0 spiro atoms. The van der Waals surface area contributed by atoms with Crippen molar-refractivity contribution in [2.45, 2.75) is 51.5 Å². The summed E-state index contributed by atoms with van der Waals surface area (Å²) in [5, 5.41) is 9.39. The van der Waals surface area contributed by atoms with Gasteiger partial charge in [-0.05, 0) is 12.1 Å². The van der Waals surface area contributed by atoms with Crippen molar-refractivity contribution in [2.75, 3.05) is 7.11 Å². The third-order valence-electron chi connectivity index (χ3n) is 4.20. The molecule has 0 aromatic heterocycles. The molecule has 5 unspecified atom stereocenters. The number of hydrogen-bond acceptors (Lipinski definition) is 11. The summed E-state index contributed by atoms with van der Waals surface area (Å²) in [6, 6.07) is 5.50. The topological polar surface area (TPSA) is 161 Å². The van der Waals surface area contributed by atoms with Gasteiger partial charge in [-0.2, -0.15) is 0 Å². The van der Waals surface area contributed by atoms with Crippen molar-refractivity contribution in [3.05, 3.63) is 29.8 Å². The highest BCUT2D eigenvalue weighted by Crippen LogP contribution is 2.32. The molecule has 1 heterocycles. The van der Waals surface area contributed by atoms with E-state index < -0.39 is 60.6 Å². The van der Waals surface area contributed by atoms with E-state index in [4.69, 9.17) is 23.7 Å². The van der Waals surface area contributed by atoms with Crippen molar-refractivity contribution in [3.63, 3.8) is 0 Å². The molecule has 1 aromatic rings. The van der Waals surface area contributed by atoms with Gasteiger partial charge in [-0.25, -0.2) is 9.59 Å². The van der Waals surface area contributed by atoms with E-state index in [1.807, 2.05) is 0 Å². The minimum atomic E-state index is -1.65. The van der Waals surface area contributed by atoms with E-state index >= 15 is 0 Å². The maximum atomic E-state index is 12.4. The predicted molar refractivity (Wildman–Crippen MR) is 101 cm³/mol. The van der Waals surface area contributed by atoms with Gasteiger partial charge in [-0.15, -0.1) is 0 Å². The highest BCUT2D eigenvalue weighted by atomic mass is 16.7. The van der Waals surface area contributed by atoms with Crippen molar-refractivity contribution in [1.29, 1.82) is 0 Å². The van der Waals surface area contributed by atoms with Crippen molar-refractivity contribution in [1.82, 2.24) is 0 Å². The summed E-state index contributed by atoms with van der Waals surface area (Å²) in [6.45, 7) is 3.15.